The molecular weight excluding hydrogens is 888 g/mol. The van der Waals surface area contributed by atoms with Crippen molar-refractivity contribution in [3.8, 4) is 62.9 Å². The van der Waals surface area contributed by atoms with Crippen molar-refractivity contribution in [1.29, 1.82) is 0 Å². The second-order valence-electron chi connectivity index (χ2n) is 18.1. The van der Waals surface area contributed by atoms with Gasteiger partial charge in [-0.15, -0.1) is 0 Å². The molecule has 2 saturated carbocycles. The summed E-state index contributed by atoms with van der Waals surface area (Å²) in [5.41, 5.74) is -15.0. The predicted molar refractivity (Wildman–Crippen MR) is 230 cm³/mol. The molecule has 2 fully saturated rings. The van der Waals surface area contributed by atoms with Crippen LogP contribution in [-0.4, -0.2) is 176 Å². The van der Waals surface area contributed by atoms with Crippen LogP contribution in [-0.2, 0) is 12.8 Å². The number of carbonyl (C=O) groups is 2. The number of Topliss-reactive ketones (excluding diaryl/α,β-unsaturated/α-hetero) is 2. The van der Waals surface area contributed by atoms with Gasteiger partial charge in [-0.2, -0.15) is 0 Å². The van der Waals surface area contributed by atoms with E-state index in [1.54, 1.807) is 13.8 Å². The molecule has 0 heterocycles. The van der Waals surface area contributed by atoms with E-state index in [9.17, 15) is 86.2 Å². The number of phenols is 5. The largest absolute Gasteiger partial charge is 0.507 e. The minimum absolute atomic E-state index is 0.0353. The lowest BCUT2D eigenvalue weighted by Crippen LogP contribution is -2.79. The Balaban J connectivity index is 1.46. The molecule has 4 aromatic carbocycles. The van der Waals surface area contributed by atoms with Crippen molar-refractivity contribution in [3.63, 3.8) is 0 Å². The average Bonchev–Trinajstić information content (AvgIpc) is 3.29. The summed E-state index contributed by atoms with van der Waals surface area (Å²) in [6.07, 6.45) is -14.7. The van der Waals surface area contributed by atoms with Crippen molar-refractivity contribution in [2.45, 2.75) is 111 Å². The third kappa shape index (κ3) is 5.60. The summed E-state index contributed by atoms with van der Waals surface area (Å²) < 4.78 is 22.9. The Kier molecular flexibility index (Phi) is 11.3. The van der Waals surface area contributed by atoms with Crippen molar-refractivity contribution < 1.29 is 105 Å². The zero-order chi connectivity index (χ0) is 49.5. The second-order valence-corrected chi connectivity index (χ2v) is 18.1. The highest BCUT2D eigenvalue weighted by Crippen LogP contribution is 2.65. The molecule has 0 amide bonds. The number of phenolic OH excluding ortho intramolecular Hbond substituents is 5. The molecule has 0 spiro atoms. The van der Waals surface area contributed by atoms with Gasteiger partial charge in [0.25, 0.3) is 0 Å². The summed E-state index contributed by atoms with van der Waals surface area (Å²) in [7, 11) is 4.44. The zero-order valence-corrected chi connectivity index (χ0v) is 37.1. The molecule has 0 unspecified atom stereocenters. The van der Waals surface area contributed by atoms with Crippen molar-refractivity contribution in [2.75, 3.05) is 28.4 Å². The van der Waals surface area contributed by atoms with Gasteiger partial charge in [0.05, 0.1) is 79.1 Å². The molecule has 67 heavy (non-hydrogen) atoms. The fourth-order valence-electron chi connectivity index (χ4n) is 11.9. The first-order chi connectivity index (χ1) is 31.4. The maximum Gasteiger partial charge on any atom is 0.201 e. The van der Waals surface area contributed by atoms with Gasteiger partial charge in [-0.05, 0) is 37.3 Å². The highest BCUT2D eigenvalue weighted by molar-refractivity contribution is 6.20. The molecule has 0 aliphatic heterocycles. The number of aliphatic hydroxyl groups is 10. The Bertz CT molecular complexity index is 2770. The van der Waals surface area contributed by atoms with Crippen molar-refractivity contribution in [1.82, 2.24) is 0 Å². The molecule has 21 nitrogen and oxygen atoms in total. The first-order valence-corrected chi connectivity index (χ1v) is 21.5. The lowest BCUT2D eigenvalue weighted by atomic mass is 9.54. The molecule has 0 aromatic heterocycles. The summed E-state index contributed by atoms with van der Waals surface area (Å²) in [6.45, 7) is 3.11. The van der Waals surface area contributed by atoms with Gasteiger partial charge in [-0.3, -0.25) is 9.59 Å². The van der Waals surface area contributed by atoms with Gasteiger partial charge in [0.1, 0.15) is 64.4 Å². The van der Waals surface area contributed by atoms with Crippen LogP contribution in [0.25, 0.3) is 32.7 Å². The van der Waals surface area contributed by atoms with Crippen LogP contribution in [0.15, 0.2) is 6.07 Å². The molecule has 8 rings (SSSR count). The van der Waals surface area contributed by atoms with Crippen molar-refractivity contribution in [3.05, 3.63) is 28.3 Å². The normalized spacial score (nSPS) is 33.5. The van der Waals surface area contributed by atoms with Crippen molar-refractivity contribution >= 4 is 33.1 Å². The van der Waals surface area contributed by atoms with E-state index in [1.165, 1.54) is 6.07 Å². The molecular formula is C46H54O21. The topological polar surface area (TPSA) is 375 Å². The lowest BCUT2D eigenvalue weighted by molar-refractivity contribution is -0.282. The summed E-state index contributed by atoms with van der Waals surface area (Å²) in [6, 6.07) is 1.26. The maximum absolute atomic E-state index is 14.7. The molecule has 4 aromatic rings. The number of rotatable bonds is 9. The molecule has 15 N–H and O–H groups in total. The van der Waals surface area contributed by atoms with Crippen LogP contribution in [0.5, 0.6) is 51.7 Å². The van der Waals surface area contributed by atoms with E-state index in [0.29, 0.717) is 0 Å². The lowest BCUT2D eigenvalue weighted by Gasteiger charge is -2.57. The number of aromatic hydroxyl groups is 5. The number of hydrogen-bond donors (Lipinski definition) is 15. The second kappa shape index (κ2) is 15.8. The third-order valence-electron chi connectivity index (χ3n) is 15.1. The number of benzene rings is 4. The monoisotopic (exact) mass is 942 g/mol. The van der Waals surface area contributed by atoms with Crippen LogP contribution in [0.4, 0.5) is 0 Å². The Labute approximate surface area is 380 Å². The summed E-state index contributed by atoms with van der Waals surface area (Å²) in [5.74, 6) is -13.2. The zero-order valence-electron chi connectivity index (χ0n) is 37.1. The van der Waals surface area contributed by atoms with Gasteiger partial charge in [0.2, 0.25) is 11.6 Å². The van der Waals surface area contributed by atoms with Crippen LogP contribution in [0.1, 0.15) is 71.4 Å². The molecule has 0 saturated heterocycles. The molecule has 0 bridgehead atoms. The highest BCUT2D eigenvalue weighted by atomic mass is 16.5. The van der Waals surface area contributed by atoms with E-state index in [2.05, 4.69) is 0 Å². The summed E-state index contributed by atoms with van der Waals surface area (Å²) >= 11 is 0. The number of ketones is 2. The molecule has 4 aliphatic rings. The van der Waals surface area contributed by atoms with Crippen LogP contribution in [0, 0.1) is 11.8 Å². The van der Waals surface area contributed by atoms with E-state index in [4.69, 9.17) is 18.9 Å². The van der Waals surface area contributed by atoms with E-state index in [1.807, 2.05) is 0 Å². The van der Waals surface area contributed by atoms with E-state index in [0.717, 1.165) is 28.4 Å². The van der Waals surface area contributed by atoms with Crippen LogP contribution >= 0.6 is 0 Å². The Morgan fingerprint density at radius 3 is 1.37 bits per heavy atom. The van der Waals surface area contributed by atoms with E-state index >= 15 is 0 Å². The summed E-state index contributed by atoms with van der Waals surface area (Å²) in [5, 5.41) is 173. The van der Waals surface area contributed by atoms with E-state index in [-0.39, 0.29) is 29.5 Å². The van der Waals surface area contributed by atoms with Gasteiger partial charge in [-0.1, -0.05) is 26.7 Å². The van der Waals surface area contributed by atoms with Crippen LogP contribution < -0.4 is 18.9 Å². The summed E-state index contributed by atoms with van der Waals surface area (Å²) in [4.78, 5) is 29.4. The Hall–Kier alpha value is -5.46. The quantitative estimate of drug-likeness (QED) is 0.0954. The Morgan fingerprint density at radius 1 is 0.507 bits per heavy atom. The van der Waals surface area contributed by atoms with Crippen molar-refractivity contribution in [2.24, 2.45) is 11.8 Å². The fraction of sp³-hybridized carbons (Fsp3) is 0.522. The van der Waals surface area contributed by atoms with Gasteiger partial charge in [0.15, 0.2) is 34.2 Å². The van der Waals surface area contributed by atoms with E-state index < -0.39 is 198 Å². The standard InChI is InChI=1S/C46H54O21/c1-7-9-43(60)41(58)33(54)27(48)17-12-14-11-16-20(29(50)19(14)39(56)45(17,43)62)30(51)24(36(65-4)35(16)64-3)25-32(53)22-23(37(66-5)38(25)67-6)26(47)15-13-18-28(49)34(55)42(59)44(61,10-8-2)46(18,63)40(57)21(15)31(22)52/h11,17-18,27-28,33-34,41-42,47-55,58-63H,7-10,12-13H2,1-6H3/t17-,18-,27+,28+,33-,34-,41+,42+,43+,44+,45-,46-/m1/s1. The van der Waals surface area contributed by atoms with Gasteiger partial charge in [0, 0.05) is 22.8 Å². The predicted octanol–water partition coefficient (Wildman–Crippen LogP) is -0.350. The molecule has 21 heteroatoms. The van der Waals surface area contributed by atoms with Crippen LogP contribution in [0.2, 0.25) is 0 Å². The third-order valence-corrected chi connectivity index (χ3v) is 15.1. The number of methoxy groups -OCH3 is 4. The smallest absolute Gasteiger partial charge is 0.201 e. The number of aliphatic hydroxyl groups excluding tert-OH is 6. The fourth-order valence-corrected chi connectivity index (χ4v) is 11.9. The maximum atomic E-state index is 14.7. The number of hydrogen-bond acceptors (Lipinski definition) is 21. The first kappa shape index (κ1) is 48.0. The van der Waals surface area contributed by atoms with Gasteiger partial charge < -0.3 is 95.5 Å². The number of fused-ring (bicyclic) bond motifs is 6. The minimum Gasteiger partial charge on any atom is -0.507 e. The van der Waals surface area contributed by atoms with Gasteiger partial charge >= 0.3 is 0 Å². The van der Waals surface area contributed by atoms with Gasteiger partial charge in [-0.25, -0.2) is 0 Å². The Morgan fingerprint density at radius 2 is 0.910 bits per heavy atom. The molecule has 4 aliphatic carbocycles. The average molecular weight is 943 g/mol. The molecule has 0 radical (unpaired) electrons. The SMILES string of the molecule is CCC[C@]1(O)[C@@H](O)[C@H](O)[C@@H](O)[C@H]2Cc3cc4c(OC)c(OC)c(-c5c(OC)c(OC)c6c(O)c7c(c(O)c6c5O)C(=O)[C@]5(O)[C@H](C7)[C@H](O)[C@@H](O)[C@H](O)[C@@]5(O)CCC)c(O)c4c(O)c3C(=O)[C@]21O. The number of ether oxygens (including phenoxy) is 4. The highest BCUT2D eigenvalue weighted by Gasteiger charge is 2.73. The molecule has 364 valence electrons. The minimum atomic E-state index is -3.12. The number of carbonyl (C=O) groups excluding carboxylic acids is 2. The van der Waals surface area contributed by atoms with Crippen LogP contribution in [0.3, 0.4) is 0 Å². The molecule has 12 atom stereocenters. The first-order valence-electron chi connectivity index (χ1n) is 21.5.